The molecule has 0 aliphatic carbocycles. The van der Waals surface area contributed by atoms with E-state index in [-0.39, 0.29) is 5.60 Å². The van der Waals surface area contributed by atoms with E-state index in [1.807, 2.05) is 11.7 Å². The van der Waals surface area contributed by atoms with Gasteiger partial charge in [-0.15, -0.1) is 11.3 Å². The number of nitrogens with zero attached hydrogens (tertiary/aromatic N) is 3. The smallest absolute Gasteiger partial charge is 0.0794 e. The van der Waals surface area contributed by atoms with Crippen molar-refractivity contribution >= 4 is 17.0 Å². The molecule has 2 aliphatic heterocycles. The molecule has 5 heteroatoms. The highest BCUT2D eigenvalue weighted by atomic mass is 32.1. The van der Waals surface area contributed by atoms with Crippen molar-refractivity contribution in [3.63, 3.8) is 0 Å². The molecule has 4 rings (SSSR count). The van der Waals surface area contributed by atoms with E-state index in [4.69, 9.17) is 4.74 Å². The van der Waals surface area contributed by atoms with Crippen molar-refractivity contribution in [1.29, 1.82) is 0 Å². The summed E-state index contributed by atoms with van der Waals surface area (Å²) in [5.41, 5.74) is 3.30. The van der Waals surface area contributed by atoms with Gasteiger partial charge >= 0.3 is 0 Å². The molecule has 0 unspecified atom stereocenters. The van der Waals surface area contributed by atoms with Crippen molar-refractivity contribution < 1.29 is 4.74 Å². The molecule has 2 aliphatic rings. The van der Waals surface area contributed by atoms with Crippen molar-refractivity contribution in [3.8, 4) is 0 Å². The Kier molecular flexibility index (Phi) is 4.57. The molecule has 1 atom stereocenters. The quantitative estimate of drug-likeness (QED) is 0.851. The third-order valence-electron chi connectivity index (χ3n) is 5.53. The van der Waals surface area contributed by atoms with Gasteiger partial charge in [0.05, 0.1) is 23.8 Å². The number of rotatable bonds is 4. The lowest BCUT2D eigenvalue weighted by Crippen LogP contribution is -2.44. The third-order valence-corrected chi connectivity index (χ3v) is 6.30. The van der Waals surface area contributed by atoms with Crippen molar-refractivity contribution in [3.05, 3.63) is 46.9 Å². The Bertz CT molecular complexity index is 638. The van der Waals surface area contributed by atoms with Crippen LogP contribution >= 0.6 is 11.3 Å². The van der Waals surface area contributed by atoms with Gasteiger partial charge in [-0.25, -0.2) is 0 Å². The molecule has 4 nitrogen and oxygen atoms in total. The summed E-state index contributed by atoms with van der Waals surface area (Å²) in [6.45, 7) is 4.13. The van der Waals surface area contributed by atoms with Gasteiger partial charge in [0, 0.05) is 43.4 Å². The zero-order valence-corrected chi connectivity index (χ0v) is 15.0. The van der Waals surface area contributed by atoms with E-state index in [0.717, 1.165) is 45.5 Å². The summed E-state index contributed by atoms with van der Waals surface area (Å²) in [6.07, 6.45) is 5.43. The average molecular weight is 343 g/mol. The number of hydrogen-bond donors (Lipinski definition) is 0. The third kappa shape index (κ3) is 3.34. The van der Waals surface area contributed by atoms with Crippen LogP contribution in [0.4, 0.5) is 5.69 Å². The molecule has 2 fully saturated rings. The Morgan fingerprint density at radius 3 is 2.79 bits per heavy atom. The first-order valence-electron chi connectivity index (χ1n) is 8.76. The number of para-hydroxylation sites is 1. The highest BCUT2D eigenvalue weighted by molar-refractivity contribution is 7.09. The second kappa shape index (κ2) is 6.82. The van der Waals surface area contributed by atoms with E-state index in [2.05, 4.69) is 52.2 Å². The van der Waals surface area contributed by atoms with Crippen LogP contribution in [0.3, 0.4) is 0 Å². The number of thiazole rings is 1. The van der Waals surface area contributed by atoms with Crippen molar-refractivity contribution in [2.24, 2.45) is 0 Å². The highest BCUT2D eigenvalue weighted by Gasteiger charge is 2.43. The average Bonchev–Trinajstić information content (AvgIpc) is 3.28. The molecular weight excluding hydrogens is 318 g/mol. The van der Waals surface area contributed by atoms with E-state index in [9.17, 15) is 0 Å². The standard InChI is InChI=1S/C19H25N3OS/c1-21(16-5-3-2-4-6-16)17-11-19(23-14-17)7-9-22(10-8-19)13-18-12-20-15-24-18/h2-6,12,15,17H,7-11,13-14H2,1H3/t17-/m1/s1. The molecule has 0 N–H and O–H groups in total. The molecule has 0 amide bonds. The minimum Gasteiger partial charge on any atom is -0.373 e. The molecule has 1 aromatic heterocycles. The van der Waals surface area contributed by atoms with Crippen LogP contribution in [0.25, 0.3) is 0 Å². The fourth-order valence-corrected chi connectivity index (χ4v) is 4.59. The first-order valence-corrected chi connectivity index (χ1v) is 9.64. The molecule has 128 valence electrons. The topological polar surface area (TPSA) is 28.6 Å². The van der Waals surface area contributed by atoms with Gasteiger partial charge in [0.1, 0.15) is 0 Å². The van der Waals surface area contributed by atoms with Crippen LogP contribution in [0.5, 0.6) is 0 Å². The molecule has 0 saturated carbocycles. The lowest BCUT2D eigenvalue weighted by atomic mass is 9.87. The second-order valence-electron chi connectivity index (χ2n) is 7.04. The Hall–Kier alpha value is -1.43. The van der Waals surface area contributed by atoms with Crippen LogP contribution < -0.4 is 4.90 Å². The Labute approximate surface area is 148 Å². The van der Waals surface area contributed by atoms with Gasteiger partial charge in [0.2, 0.25) is 0 Å². The summed E-state index contributed by atoms with van der Waals surface area (Å²) in [5.74, 6) is 0. The maximum Gasteiger partial charge on any atom is 0.0794 e. The highest BCUT2D eigenvalue weighted by Crippen LogP contribution is 2.38. The first-order chi connectivity index (χ1) is 11.7. The molecule has 2 aromatic rings. The summed E-state index contributed by atoms with van der Waals surface area (Å²) in [4.78, 5) is 10.5. The van der Waals surface area contributed by atoms with E-state index in [1.54, 1.807) is 11.3 Å². The number of aromatic nitrogens is 1. The van der Waals surface area contributed by atoms with Crippen LogP contribution in [0.2, 0.25) is 0 Å². The van der Waals surface area contributed by atoms with Gasteiger partial charge < -0.3 is 9.64 Å². The molecule has 0 bridgehead atoms. The number of benzene rings is 1. The summed E-state index contributed by atoms with van der Waals surface area (Å²) in [5, 5.41) is 0. The van der Waals surface area contributed by atoms with Gasteiger partial charge in [-0.2, -0.15) is 0 Å². The monoisotopic (exact) mass is 343 g/mol. The fraction of sp³-hybridized carbons (Fsp3) is 0.526. The summed E-state index contributed by atoms with van der Waals surface area (Å²) >= 11 is 1.75. The predicted molar refractivity (Wildman–Crippen MR) is 98.6 cm³/mol. The number of hydrogen-bond acceptors (Lipinski definition) is 5. The van der Waals surface area contributed by atoms with E-state index in [1.165, 1.54) is 10.6 Å². The van der Waals surface area contributed by atoms with Crippen molar-refractivity contribution in [2.45, 2.75) is 37.5 Å². The van der Waals surface area contributed by atoms with Gasteiger partial charge in [0.15, 0.2) is 0 Å². The summed E-state index contributed by atoms with van der Waals surface area (Å²) in [7, 11) is 2.20. The zero-order valence-electron chi connectivity index (χ0n) is 14.2. The van der Waals surface area contributed by atoms with Crippen LogP contribution in [-0.4, -0.2) is 48.3 Å². The molecule has 0 radical (unpaired) electrons. The van der Waals surface area contributed by atoms with Crippen LogP contribution in [-0.2, 0) is 11.3 Å². The Morgan fingerprint density at radius 2 is 2.08 bits per heavy atom. The lowest BCUT2D eigenvalue weighted by molar-refractivity contribution is -0.0447. The fourth-order valence-electron chi connectivity index (χ4n) is 3.95. The maximum absolute atomic E-state index is 6.34. The minimum atomic E-state index is 0.0951. The number of piperidine rings is 1. The normalized spacial score (nSPS) is 23.6. The van der Waals surface area contributed by atoms with Crippen molar-refractivity contribution in [1.82, 2.24) is 9.88 Å². The van der Waals surface area contributed by atoms with Crippen molar-refractivity contribution in [2.75, 3.05) is 31.6 Å². The first kappa shape index (κ1) is 16.1. The molecule has 2 saturated heterocycles. The number of likely N-dealkylation sites (tertiary alicyclic amines) is 1. The molecule has 1 spiro atoms. The van der Waals surface area contributed by atoms with Gasteiger partial charge in [-0.05, 0) is 31.4 Å². The summed E-state index contributed by atoms with van der Waals surface area (Å²) < 4.78 is 6.34. The lowest BCUT2D eigenvalue weighted by Gasteiger charge is -2.38. The van der Waals surface area contributed by atoms with Crippen LogP contribution in [0.15, 0.2) is 42.0 Å². The van der Waals surface area contributed by atoms with Gasteiger partial charge in [-0.3, -0.25) is 9.88 Å². The molecule has 1 aromatic carbocycles. The number of ether oxygens (including phenoxy) is 1. The van der Waals surface area contributed by atoms with Crippen LogP contribution in [0, 0.1) is 0 Å². The Balaban J connectivity index is 1.33. The number of likely N-dealkylation sites (N-methyl/N-ethyl adjacent to an activating group) is 1. The van der Waals surface area contributed by atoms with Crippen LogP contribution in [0.1, 0.15) is 24.1 Å². The van der Waals surface area contributed by atoms with Gasteiger partial charge in [0.25, 0.3) is 0 Å². The minimum absolute atomic E-state index is 0.0951. The zero-order chi connectivity index (χ0) is 16.4. The molecular formula is C19H25N3OS. The van der Waals surface area contributed by atoms with E-state index >= 15 is 0 Å². The molecule has 24 heavy (non-hydrogen) atoms. The Morgan fingerprint density at radius 1 is 1.29 bits per heavy atom. The summed E-state index contributed by atoms with van der Waals surface area (Å²) in [6, 6.07) is 11.1. The second-order valence-corrected chi connectivity index (χ2v) is 8.01. The SMILES string of the molecule is CN(c1ccccc1)[C@H]1COC2(CCN(Cc3cncs3)CC2)C1. The molecule has 3 heterocycles. The van der Waals surface area contributed by atoms with Gasteiger partial charge in [-0.1, -0.05) is 18.2 Å². The largest absolute Gasteiger partial charge is 0.373 e. The van der Waals surface area contributed by atoms with E-state index < -0.39 is 0 Å². The van der Waals surface area contributed by atoms with E-state index in [0.29, 0.717) is 6.04 Å². The predicted octanol–water partition coefficient (Wildman–Crippen LogP) is 3.40. The maximum atomic E-state index is 6.34. The number of anilines is 1.